The van der Waals surface area contributed by atoms with Gasteiger partial charge in [0, 0.05) is 25.0 Å². The van der Waals surface area contributed by atoms with Gasteiger partial charge in [0.05, 0.1) is 6.61 Å². The number of aliphatic hydroxyl groups excluding tert-OH is 1. The molecule has 0 bridgehead atoms. The number of benzene rings is 1. The lowest BCUT2D eigenvalue weighted by Crippen LogP contribution is -2.49. The second-order valence-corrected chi connectivity index (χ2v) is 5.62. The molecule has 0 spiro atoms. The molecular formula is C17H24N2O2. The summed E-state index contributed by atoms with van der Waals surface area (Å²) in [6.45, 7) is 5.04. The molecule has 0 aromatic heterocycles. The smallest absolute Gasteiger partial charge is 0.317 e. The van der Waals surface area contributed by atoms with Crippen molar-refractivity contribution in [1.82, 2.24) is 10.2 Å². The Kier molecular flexibility index (Phi) is 5.39. The predicted octanol–water partition coefficient (Wildman–Crippen LogP) is 2.30. The first-order valence-corrected chi connectivity index (χ1v) is 7.52. The van der Waals surface area contributed by atoms with E-state index < -0.39 is 0 Å². The Balaban J connectivity index is 1.97. The Labute approximate surface area is 126 Å². The van der Waals surface area contributed by atoms with Crippen LogP contribution in [0.15, 0.2) is 43.0 Å². The molecule has 4 nitrogen and oxygen atoms in total. The van der Waals surface area contributed by atoms with E-state index in [1.807, 2.05) is 18.2 Å². The summed E-state index contributed by atoms with van der Waals surface area (Å²) < 4.78 is 0. The van der Waals surface area contributed by atoms with E-state index in [4.69, 9.17) is 5.11 Å². The highest BCUT2D eigenvalue weighted by molar-refractivity contribution is 5.74. The van der Waals surface area contributed by atoms with Crippen LogP contribution >= 0.6 is 0 Å². The van der Waals surface area contributed by atoms with E-state index in [0.29, 0.717) is 19.6 Å². The Morgan fingerprint density at radius 2 is 2.10 bits per heavy atom. The van der Waals surface area contributed by atoms with Gasteiger partial charge < -0.3 is 15.3 Å². The van der Waals surface area contributed by atoms with Crippen LogP contribution in [-0.4, -0.2) is 42.3 Å². The topological polar surface area (TPSA) is 52.6 Å². The lowest BCUT2D eigenvalue weighted by molar-refractivity contribution is 0.173. The van der Waals surface area contributed by atoms with Crippen molar-refractivity contribution in [3.63, 3.8) is 0 Å². The number of aliphatic hydroxyl groups is 1. The molecule has 0 saturated heterocycles. The number of carbonyl (C=O) groups is 1. The van der Waals surface area contributed by atoms with E-state index >= 15 is 0 Å². The molecule has 0 radical (unpaired) electrons. The zero-order chi connectivity index (χ0) is 15.1. The highest BCUT2D eigenvalue weighted by atomic mass is 16.3. The van der Waals surface area contributed by atoms with Crippen LogP contribution in [-0.2, 0) is 5.41 Å². The fourth-order valence-electron chi connectivity index (χ4n) is 2.87. The molecule has 2 rings (SSSR count). The Hall–Kier alpha value is -1.81. The summed E-state index contributed by atoms with van der Waals surface area (Å²) in [5.74, 6) is 0. The molecule has 1 saturated carbocycles. The number of nitrogens with zero attached hydrogens (tertiary/aromatic N) is 1. The molecule has 0 unspecified atom stereocenters. The summed E-state index contributed by atoms with van der Waals surface area (Å²) in [5, 5.41) is 12.0. The summed E-state index contributed by atoms with van der Waals surface area (Å²) in [5.41, 5.74) is 1.38. The molecule has 1 aliphatic rings. The van der Waals surface area contributed by atoms with Crippen LogP contribution in [0.25, 0.3) is 0 Å². The van der Waals surface area contributed by atoms with Gasteiger partial charge in [0.2, 0.25) is 0 Å². The van der Waals surface area contributed by atoms with Gasteiger partial charge in [0.1, 0.15) is 0 Å². The zero-order valence-corrected chi connectivity index (χ0v) is 12.4. The SMILES string of the molecule is C=CCN(CCO)C(=O)NCC1(c2ccccc2)CCC1. The van der Waals surface area contributed by atoms with Crippen LogP contribution < -0.4 is 5.32 Å². The molecule has 0 aliphatic heterocycles. The molecule has 1 aliphatic carbocycles. The number of hydrogen-bond donors (Lipinski definition) is 2. The molecule has 21 heavy (non-hydrogen) atoms. The van der Waals surface area contributed by atoms with Crippen molar-refractivity contribution in [2.45, 2.75) is 24.7 Å². The van der Waals surface area contributed by atoms with Crippen molar-refractivity contribution in [1.29, 1.82) is 0 Å². The molecule has 1 fully saturated rings. The van der Waals surface area contributed by atoms with E-state index in [0.717, 1.165) is 12.8 Å². The Morgan fingerprint density at radius 3 is 2.62 bits per heavy atom. The van der Waals surface area contributed by atoms with Crippen LogP contribution in [0.5, 0.6) is 0 Å². The largest absolute Gasteiger partial charge is 0.395 e. The first kappa shape index (κ1) is 15.6. The van der Waals surface area contributed by atoms with Gasteiger partial charge in [-0.15, -0.1) is 6.58 Å². The van der Waals surface area contributed by atoms with Crippen LogP contribution in [0.3, 0.4) is 0 Å². The highest BCUT2D eigenvalue weighted by Crippen LogP contribution is 2.43. The summed E-state index contributed by atoms with van der Waals surface area (Å²) in [6, 6.07) is 10.3. The lowest BCUT2D eigenvalue weighted by Gasteiger charge is -2.43. The van der Waals surface area contributed by atoms with Crippen molar-refractivity contribution < 1.29 is 9.90 Å². The number of nitrogens with one attached hydrogen (secondary N) is 1. The van der Waals surface area contributed by atoms with Crippen LogP contribution in [0.2, 0.25) is 0 Å². The summed E-state index contributed by atoms with van der Waals surface area (Å²) in [4.78, 5) is 13.8. The second kappa shape index (κ2) is 7.27. The predicted molar refractivity (Wildman–Crippen MR) is 84.2 cm³/mol. The number of carbonyl (C=O) groups excluding carboxylic acids is 1. The third kappa shape index (κ3) is 3.64. The number of urea groups is 1. The maximum Gasteiger partial charge on any atom is 0.317 e. The normalized spacial score (nSPS) is 15.9. The van der Waals surface area contributed by atoms with Gasteiger partial charge in [-0.2, -0.15) is 0 Å². The molecule has 4 heteroatoms. The van der Waals surface area contributed by atoms with Crippen molar-refractivity contribution in [3.05, 3.63) is 48.6 Å². The van der Waals surface area contributed by atoms with Crippen LogP contribution in [0.1, 0.15) is 24.8 Å². The van der Waals surface area contributed by atoms with Crippen molar-refractivity contribution in [2.24, 2.45) is 0 Å². The van der Waals surface area contributed by atoms with Gasteiger partial charge in [-0.05, 0) is 18.4 Å². The third-order valence-electron chi connectivity index (χ3n) is 4.28. The molecular weight excluding hydrogens is 264 g/mol. The first-order valence-electron chi connectivity index (χ1n) is 7.52. The third-order valence-corrected chi connectivity index (χ3v) is 4.28. The van der Waals surface area contributed by atoms with Gasteiger partial charge in [0.15, 0.2) is 0 Å². The number of amides is 2. The average Bonchev–Trinajstić information content (AvgIpc) is 2.47. The maximum atomic E-state index is 12.2. The van der Waals surface area contributed by atoms with E-state index in [9.17, 15) is 4.79 Å². The van der Waals surface area contributed by atoms with Crippen LogP contribution in [0.4, 0.5) is 4.79 Å². The summed E-state index contributed by atoms with van der Waals surface area (Å²) in [6.07, 6.45) is 5.10. The van der Waals surface area contributed by atoms with E-state index in [1.54, 1.807) is 11.0 Å². The maximum absolute atomic E-state index is 12.2. The average molecular weight is 288 g/mol. The van der Waals surface area contributed by atoms with Crippen molar-refractivity contribution in [3.8, 4) is 0 Å². The van der Waals surface area contributed by atoms with Gasteiger partial charge >= 0.3 is 6.03 Å². The minimum atomic E-state index is -0.133. The Bertz CT molecular complexity index is 469. The summed E-state index contributed by atoms with van der Waals surface area (Å²) in [7, 11) is 0. The number of rotatable bonds is 7. The monoisotopic (exact) mass is 288 g/mol. The zero-order valence-electron chi connectivity index (χ0n) is 12.4. The Morgan fingerprint density at radius 1 is 1.38 bits per heavy atom. The lowest BCUT2D eigenvalue weighted by atomic mass is 9.64. The molecule has 2 N–H and O–H groups in total. The fourth-order valence-corrected chi connectivity index (χ4v) is 2.87. The minimum Gasteiger partial charge on any atom is -0.395 e. The highest BCUT2D eigenvalue weighted by Gasteiger charge is 2.38. The van der Waals surface area contributed by atoms with Gasteiger partial charge in [-0.1, -0.05) is 42.8 Å². The van der Waals surface area contributed by atoms with Gasteiger partial charge in [-0.25, -0.2) is 4.79 Å². The molecule has 1 aromatic rings. The van der Waals surface area contributed by atoms with Gasteiger partial charge in [0.25, 0.3) is 0 Å². The van der Waals surface area contributed by atoms with E-state index in [2.05, 4.69) is 24.0 Å². The molecule has 1 aromatic carbocycles. The molecule has 2 amide bonds. The molecule has 0 heterocycles. The first-order chi connectivity index (χ1) is 10.2. The van der Waals surface area contributed by atoms with Crippen molar-refractivity contribution >= 4 is 6.03 Å². The van der Waals surface area contributed by atoms with Crippen LogP contribution in [0, 0.1) is 0 Å². The minimum absolute atomic E-state index is 0.0366. The van der Waals surface area contributed by atoms with E-state index in [1.165, 1.54) is 12.0 Å². The van der Waals surface area contributed by atoms with Gasteiger partial charge in [-0.3, -0.25) is 0 Å². The fraction of sp³-hybridized carbons (Fsp3) is 0.471. The second-order valence-electron chi connectivity index (χ2n) is 5.62. The summed E-state index contributed by atoms with van der Waals surface area (Å²) >= 11 is 0. The van der Waals surface area contributed by atoms with Crippen molar-refractivity contribution in [2.75, 3.05) is 26.2 Å². The molecule has 114 valence electrons. The number of hydrogen-bond acceptors (Lipinski definition) is 2. The van der Waals surface area contributed by atoms with E-state index in [-0.39, 0.29) is 18.1 Å². The quantitative estimate of drug-likeness (QED) is 0.756. The molecule has 0 atom stereocenters. The standard InChI is InChI=1S/C17H24N2O2/c1-2-11-19(12-13-20)16(21)18-14-17(9-6-10-17)15-7-4-3-5-8-15/h2-5,7-8,20H,1,6,9-14H2,(H,18,21).